The van der Waals surface area contributed by atoms with Gasteiger partial charge in [0.05, 0.1) is 6.54 Å². The average Bonchev–Trinajstić information content (AvgIpc) is 2.18. The molecule has 0 spiro atoms. The summed E-state index contributed by atoms with van der Waals surface area (Å²) in [7, 11) is 1.77. The van der Waals surface area contributed by atoms with Crippen LogP contribution in [0.15, 0.2) is 0 Å². The van der Waals surface area contributed by atoms with Crippen molar-refractivity contribution < 1.29 is 4.79 Å². The maximum Gasteiger partial charge on any atom is 0.229 e. The highest BCUT2D eigenvalue weighted by Gasteiger charge is 2.36. The van der Waals surface area contributed by atoms with Crippen LogP contribution in [0.4, 0.5) is 0 Å². The predicted molar refractivity (Wildman–Crippen MR) is 56.7 cm³/mol. The van der Waals surface area contributed by atoms with Gasteiger partial charge in [0, 0.05) is 12.5 Å². The molecular formula is C11H18N2O. The van der Waals surface area contributed by atoms with Crippen LogP contribution in [-0.2, 0) is 4.79 Å². The molecule has 1 amide bonds. The van der Waals surface area contributed by atoms with Gasteiger partial charge in [0.15, 0.2) is 0 Å². The van der Waals surface area contributed by atoms with Gasteiger partial charge in [-0.25, -0.2) is 0 Å². The lowest BCUT2D eigenvalue weighted by Gasteiger charge is -2.35. The first-order chi connectivity index (χ1) is 6.60. The van der Waals surface area contributed by atoms with E-state index in [2.05, 4.69) is 11.2 Å². The van der Waals surface area contributed by atoms with Crippen molar-refractivity contribution in [3.63, 3.8) is 0 Å². The Hall–Kier alpha value is -1.01. The van der Waals surface area contributed by atoms with Gasteiger partial charge >= 0.3 is 0 Å². The van der Waals surface area contributed by atoms with Crippen LogP contribution in [-0.4, -0.2) is 37.5 Å². The van der Waals surface area contributed by atoms with E-state index in [1.165, 1.54) is 0 Å². The van der Waals surface area contributed by atoms with Gasteiger partial charge in [0.25, 0.3) is 0 Å². The summed E-state index contributed by atoms with van der Waals surface area (Å²) in [4.78, 5) is 13.7. The summed E-state index contributed by atoms with van der Waals surface area (Å²) in [6.45, 7) is 4.28. The number of carbonyl (C=O) groups is 1. The van der Waals surface area contributed by atoms with E-state index < -0.39 is 0 Å². The molecule has 0 saturated carbocycles. The van der Waals surface area contributed by atoms with Crippen molar-refractivity contribution in [1.82, 2.24) is 10.2 Å². The Labute approximate surface area is 85.9 Å². The minimum Gasteiger partial charge on any atom is -0.334 e. The molecule has 1 saturated heterocycles. The molecule has 0 aliphatic carbocycles. The van der Waals surface area contributed by atoms with Crippen LogP contribution >= 0.6 is 0 Å². The number of hydrogen-bond donors (Lipinski definition) is 1. The molecule has 0 radical (unpaired) electrons. The zero-order chi connectivity index (χ0) is 10.6. The fourth-order valence-electron chi connectivity index (χ4n) is 1.86. The van der Waals surface area contributed by atoms with Gasteiger partial charge in [-0.2, -0.15) is 0 Å². The summed E-state index contributed by atoms with van der Waals surface area (Å²) in [5.41, 5.74) is -0.211. The molecule has 0 aromatic heterocycles. The van der Waals surface area contributed by atoms with E-state index in [-0.39, 0.29) is 11.3 Å². The molecular weight excluding hydrogens is 176 g/mol. The van der Waals surface area contributed by atoms with E-state index >= 15 is 0 Å². The lowest BCUT2D eigenvalue weighted by molar-refractivity contribution is -0.140. The second-order valence-corrected chi connectivity index (χ2v) is 4.18. The predicted octanol–water partition coefficient (Wildman–Crippen LogP) is 0.468. The Bertz CT molecular complexity index is 249. The Kier molecular flexibility index (Phi) is 3.54. The van der Waals surface area contributed by atoms with Gasteiger partial charge in [-0.1, -0.05) is 12.8 Å². The minimum atomic E-state index is -0.211. The average molecular weight is 194 g/mol. The molecule has 78 valence electrons. The second-order valence-electron chi connectivity index (χ2n) is 4.18. The molecule has 14 heavy (non-hydrogen) atoms. The number of nitrogens with zero attached hydrogens (tertiary/aromatic N) is 1. The van der Waals surface area contributed by atoms with Crippen molar-refractivity contribution in [1.29, 1.82) is 0 Å². The van der Waals surface area contributed by atoms with Crippen molar-refractivity contribution in [2.75, 3.05) is 26.7 Å². The maximum atomic E-state index is 12.0. The van der Waals surface area contributed by atoms with Crippen LogP contribution in [0.1, 0.15) is 19.8 Å². The summed E-state index contributed by atoms with van der Waals surface area (Å²) in [5.74, 6) is 2.67. The van der Waals surface area contributed by atoms with E-state index in [0.29, 0.717) is 6.54 Å². The summed E-state index contributed by atoms with van der Waals surface area (Å²) < 4.78 is 0. The van der Waals surface area contributed by atoms with Gasteiger partial charge in [-0.3, -0.25) is 4.79 Å². The molecule has 0 unspecified atom stereocenters. The fourth-order valence-corrected chi connectivity index (χ4v) is 1.86. The molecule has 1 heterocycles. The highest BCUT2D eigenvalue weighted by molar-refractivity contribution is 5.82. The van der Waals surface area contributed by atoms with Gasteiger partial charge in [0.1, 0.15) is 0 Å². The molecule has 0 atom stereocenters. The van der Waals surface area contributed by atoms with Crippen molar-refractivity contribution in [2.45, 2.75) is 19.8 Å². The number of carbonyl (C=O) groups excluding carboxylic acids is 1. The Morgan fingerprint density at radius 2 is 2.14 bits per heavy atom. The number of nitrogens with one attached hydrogen (secondary N) is 1. The third kappa shape index (κ3) is 2.27. The van der Waals surface area contributed by atoms with Crippen molar-refractivity contribution in [3.8, 4) is 12.3 Å². The molecule has 3 nitrogen and oxygen atoms in total. The Morgan fingerprint density at radius 1 is 1.57 bits per heavy atom. The normalized spacial score (nSPS) is 19.8. The molecule has 1 N–H and O–H groups in total. The number of terminal acetylenes is 1. The van der Waals surface area contributed by atoms with Crippen LogP contribution in [0.5, 0.6) is 0 Å². The van der Waals surface area contributed by atoms with Crippen molar-refractivity contribution >= 4 is 5.91 Å². The quantitative estimate of drug-likeness (QED) is 0.648. The van der Waals surface area contributed by atoms with Gasteiger partial charge in [-0.15, -0.1) is 6.42 Å². The van der Waals surface area contributed by atoms with E-state index in [1.807, 2.05) is 6.92 Å². The molecule has 3 heteroatoms. The number of hydrogen-bond acceptors (Lipinski definition) is 2. The largest absolute Gasteiger partial charge is 0.334 e. The fraction of sp³-hybridized carbons (Fsp3) is 0.727. The first-order valence-corrected chi connectivity index (χ1v) is 5.00. The van der Waals surface area contributed by atoms with E-state index in [1.54, 1.807) is 11.9 Å². The zero-order valence-corrected chi connectivity index (χ0v) is 8.97. The smallest absolute Gasteiger partial charge is 0.229 e. The van der Waals surface area contributed by atoms with E-state index in [9.17, 15) is 4.79 Å². The molecule has 1 aliphatic heterocycles. The van der Waals surface area contributed by atoms with Gasteiger partial charge in [0.2, 0.25) is 5.91 Å². The summed E-state index contributed by atoms with van der Waals surface area (Å²) in [5, 5.41) is 3.25. The van der Waals surface area contributed by atoms with Gasteiger partial charge < -0.3 is 10.2 Å². The molecule has 1 rings (SSSR count). The SMILES string of the molecule is C#CCN(C)C(=O)C1(C)CCNCC1. The van der Waals surface area contributed by atoms with Crippen LogP contribution < -0.4 is 5.32 Å². The monoisotopic (exact) mass is 194 g/mol. The highest BCUT2D eigenvalue weighted by atomic mass is 16.2. The van der Waals surface area contributed by atoms with Gasteiger partial charge in [-0.05, 0) is 25.9 Å². The van der Waals surface area contributed by atoms with E-state index in [4.69, 9.17) is 6.42 Å². The lowest BCUT2D eigenvalue weighted by atomic mass is 9.80. The van der Waals surface area contributed by atoms with Crippen LogP contribution in [0, 0.1) is 17.8 Å². The third-order valence-electron chi connectivity index (χ3n) is 2.90. The lowest BCUT2D eigenvalue weighted by Crippen LogP contribution is -2.46. The molecule has 0 aromatic carbocycles. The van der Waals surface area contributed by atoms with Crippen LogP contribution in [0.25, 0.3) is 0 Å². The summed E-state index contributed by atoms with van der Waals surface area (Å²) >= 11 is 0. The van der Waals surface area contributed by atoms with Crippen LogP contribution in [0.3, 0.4) is 0 Å². The Balaban J connectivity index is 2.62. The first-order valence-electron chi connectivity index (χ1n) is 5.00. The number of amides is 1. The topological polar surface area (TPSA) is 32.3 Å². The standard InChI is InChI=1S/C11H18N2O/c1-4-9-13(3)10(14)11(2)5-7-12-8-6-11/h1,12H,5-9H2,2-3H3. The highest BCUT2D eigenvalue weighted by Crippen LogP contribution is 2.29. The number of piperidine rings is 1. The first kappa shape index (κ1) is 11.1. The van der Waals surface area contributed by atoms with Crippen LogP contribution in [0.2, 0.25) is 0 Å². The summed E-state index contributed by atoms with van der Waals surface area (Å²) in [6.07, 6.45) is 6.99. The summed E-state index contributed by atoms with van der Waals surface area (Å²) in [6, 6.07) is 0. The Morgan fingerprint density at radius 3 is 2.64 bits per heavy atom. The number of rotatable bonds is 2. The molecule has 0 bridgehead atoms. The molecule has 0 aromatic rings. The maximum absolute atomic E-state index is 12.0. The molecule has 1 aliphatic rings. The van der Waals surface area contributed by atoms with Crippen molar-refractivity contribution in [3.05, 3.63) is 0 Å². The van der Waals surface area contributed by atoms with Crippen molar-refractivity contribution in [2.24, 2.45) is 5.41 Å². The molecule has 1 fully saturated rings. The minimum absolute atomic E-state index is 0.178. The second kappa shape index (κ2) is 4.47. The third-order valence-corrected chi connectivity index (χ3v) is 2.90. The van der Waals surface area contributed by atoms with E-state index in [0.717, 1.165) is 25.9 Å². The zero-order valence-electron chi connectivity index (χ0n) is 8.97.